The van der Waals surface area contributed by atoms with E-state index in [9.17, 15) is 14.9 Å². The molecule has 0 bridgehead atoms. The summed E-state index contributed by atoms with van der Waals surface area (Å²) in [4.78, 5) is 23.1. The van der Waals surface area contributed by atoms with Crippen molar-refractivity contribution in [2.75, 3.05) is 18.5 Å². The minimum atomic E-state index is -0.421. The Kier molecular flexibility index (Phi) is 4.55. The number of nitrogens with one attached hydrogen (secondary N) is 2. The zero-order chi connectivity index (χ0) is 18.8. The highest BCUT2D eigenvalue weighted by molar-refractivity contribution is 5.94. The lowest BCUT2D eigenvalue weighted by molar-refractivity contribution is -0.383. The molecule has 138 valence electrons. The van der Waals surface area contributed by atoms with Crippen molar-refractivity contribution in [3.8, 4) is 11.3 Å². The van der Waals surface area contributed by atoms with Crippen LogP contribution in [0.1, 0.15) is 12.8 Å². The number of benzene rings is 2. The SMILES string of the molecule is O=c1[nH]nc(-c2ccc(NC[C@H]3CCCO3)c([N+](=O)[O-])c2)c2ccccc12. The van der Waals surface area contributed by atoms with Crippen LogP contribution in [0, 0.1) is 10.1 Å². The maximum Gasteiger partial charge on any atom is 0.292 e. The van der Waals surface area contributed by atoms with Gasteiger partial charge in [-0.05, 0) is 25.0 Å². The van der Waals surface area contributed by atoms with Crippen LogP contribution < -0.4 is 10.9 Å². The average molecular weight is 366 g/mol. The highest BCUT2D eigenvalue weighted by atomic mass is 16.6. The molecular weight excluding hydrogens is 348 g/mol. The van der Waals surface area contributed by atoms with Gasteiger partial charge in [0.15, 0.2) is 0 Å². The number of nitrogens with zero attached hydrogens (tertiary/aromatic N) is 2. The molecule has 2 heterocycles. The molecular formula is C19H18N4O4. The predicted octanol–water partition coefficient (Wildman–Crippen LogP) is 3.09. The molecule has 1 fully saturated rings. The molecule has 27 heavy (non-hydrogen) atoms. The third-order valence-electron chi connectivity index (χ3n) is 4.71. The normalized spacial score (nSPS) is 16.5. The van der Waals surface area contributed by atoms with Crippen LogP contribution in [0.3, 0.4) is 0 Å². The lowest BCUT2D eigenvalue weighted by atomic mass is 10.0. The van der Waals surface area contributed by atoms with Crippen LogP contribution in [0.4, 0.5) is 11.4 Å². The largest absolute Gasteiger partial charge is 0.377 e. The number of H-pyrrole nitrogens is 1. The lowest BCUT2D eigenvalue weighted by Crippen LogP contribution is -2.18. The van der Waals surface area contributed by atoms with Crippen molar-refractivity contribution in [3.63, 3.8) is 0 Å². The fraction of sp³-hybridized carbons (Fsp3) is 0.263. The summed E-state index contributed by atoms with van der Waals surface area (Å²) < 4.78 is 5.55. The number of anilines is 1. The number of aromatic amines is 1. The number of hydrogen-bond donors (Lipinski definition) is 2. The van der Waals surface area contributed by atoms with Crippen molar-refractivity contribution in [2.24, 2.45) is 0 Å². The number of nitro groups is 1. The van der Waals surface area contributed by atoms with Gasteiger partial charge >= 0.3 is 0 Å². The molecule has 2 aromatic carbocycles. The molecule has 1 aromatic heterocycles. The standard InChI is InChI=1S/C19H18N4O4/c24-19-15-6-2-1-5-14(15)18(21-22-19)12-7-8-16(17(10-12)23(25)26)20-11-13-4-3-9-27-13/h1-2,5-8,10,13,20H,3-4,9,11H2,(H,22,24)/t13-/m1/s1. The summed E-state index contributed by atoms with van der Waals surface area (Å²) in [6.07, 6.45) is 2.04. The Hall–Kier alpha value is -3.26. The van der Waals surface area contributed by atoms with E-state index in [0.717, 1.165) is 19.4 Å². The van der Waals surface area contributed by atoms with E-state index in [1.807, 2.05) is 0 Å². The van der Waals surface area contributed by atoms with Gasteiger partial charge in [0.05, 0.1) is 22.1 Å². The molecule has 3 aromatic rings. The number of aromatic nitrogens is 2. The van der Waals surface area contributed by atoms with Gasteiger partial charge in [0.2, 0.25) is 0 Å². The average Bonchev–Trinajstić information content (AvgIpc) is 3.20. The predicted molar refractivity (Wildman–Crippen MR) is 102 cm³/mol. The van der Waals surface area contributed by atoms with E-state index < -0.39 is 4.92 Å². The molecule has 8 nitrogen and oxygen atoms in total. The molecule has 1 aliphatic heterocycles. The lowest BCUT2D eigenvalue weighted by Gasteiger charge is -2.13. The zero-order valence-electron chi connectivity index (χ0n) is 14.5. The van der Waals surface area contributed by atoms with Crippen molar-refractivity contribution in [1.29, 1.82) is 0 Å². The maximum atomic E-state index is 12.0. The van der Waals surface area contributed by atoms with Gasteiger partial charge in [0.1, 0.15) is 5.69 Å². The molecule has 0 saturated carbocycles. The first-order valence-electron chi connectivity index (χ1n) is 8.75. The molecule has 0 unspecified atom stereocenters. The molecule has 0 spiro atoms. The molecule has 4 rings (SSSR count). The van der Waals surface area contributed by atoms with E-state index in [1.54, 1.807) is 36.4 Å². The molecule has 1 saturated heterocycles. The van der Waals surface area contributed by atoms with Crippen LogP contribution in [0.5, 0.6) is 0 Å². The Balaban J connectivity index is 1.72. The fourth-order valence-corrected chi connectivity index (χ4v) is 3.34. The van der Waals surface area contributed by atoms with Crippen molar-refractivity contribution in [3.05, 3.63) is 62.9 Å². The number of rotatable bonds is 5. The van der Waals surface area contributed by atoms with E-state index in [-0.39, 0.29) is 17.4 Å². The molecule has 2 N–H and O–H groups in total. The molecule has 0 aliphatic carbocycles. The van der Waals surface area contributed by atoms with E-state index in [1.165, 1.54) is 6.07 Å². The zero-order valence-corrected chi connectivity index (χ0v) is 14.5. The Morgan fingerprint density at radius 2 is 2.07 bits per heavy atom. The molecule has 0 radical (unpaired) electrons. The van der Waals surface area contributed by atoms with Gasteiger partial charge in [-0.15, -0.1) is 0 Å². The first-order valence-corrected chi connectivity index (χ1v) is 8.75. The smallest absolute Gasteiger partial charge is 0.292 e. The van der Waals surface area contributed by atoms with Crippen LogP contribution in [0.15, 0.2) is 47.3 Å². The van der Waals surface area contributed by atoms with Crippen molar-refractivity contribution < 1.29 is 9.66 Å². The third-order valence-corrected chi connectivity index (χ3v) is 4.71. The van der Waals surface area contributed by atoms with Crippen LogP contribution in [0.25, 0.3) is 22.0 Å². The quantitative estimate of drug-likeness (QED) is 0.530. The van der Waals surface area contributed by atoms with Crippen LogP contribution in [-0.2, 0) is 4.74 Å². The number of ether oxygens (including phenoxy) is 1. The second-order valence-electron chi connectivity index (χ2n) is 6.45. The Labute approximate surface area is 154 Å². The maximum absolute atomic E-state index is 12.0. The topological polar surface area (TPSA) is 110 Å². The first-order chi connectivity index (χ1) is 13.1. The van der Waals surface area contributed by atoms with Gasteiger partial charge in [0, 0.05) is 30.2 Å². The van der Waals surface area contributed by atoms with Crippen LogP contribution in [0.2, 0.25) is 0 Å². The molecule has 0 amide bonds. The summed E-state index contributed by atoms with van der Waals surface area (Å²) in [7, 11) is 0. The number of nitro benzene ring substituents is 1. The van der Waals surface area contributed by atoms with E-state index in [4.69, 9.17) is 4.74 Å². The van der Waals surface area contributed by atoms with E-state index >= 15 is 0 Å². The van der Waals surface area contributed by atoms with E-state index in [0.29, 0.717) is 34.3 Å². The van der Waals surface area contributed by atoms with Gasteiger partial charge in [0.25, 0.3) is 11.2 Å². The van der Waals surface area contributed by atoms with Gasteiger partial charge in [-0.1, -0.05) is 24.3 Å². The van der Waals surface area contributed by atoms with Gasteiger partial charge < -0.3 is 10.1 Å². The first kappa shape index (κ1) is 17.2. The van der Waals surface area contributed by atoms with Gasteiger partial charge in [-0.25, -0.2) is 5.10 Å². The Bertz CT molecular complexity index is 1060. The molecule has 1 atom stereocenters. The second kappa shape index (κ2) is 7.16. The Morgan fingerprint density at radius 1 is 1.26 bits per heavy atom. The van der Waals surface area contributed by atoms with Crippen LogP contribution >= 0.6 is 0 Å². The second-order valence-corrected chi connectivity index (χ2v) is 6.45. The third kappa shape index (κ3) is 3.39. The number of fused-ring (bicyclic) bond motifs is 1. The van der Waals surface area contributed by atoms with Crippen LogP contribution in [-0.4, -0.2) is 34.4 Å². The van der Waals surface area contributed by atoms with Gasteiger partial charge in [-0.2, -0.15) is 5.10 Å². The molecule has 1 aliphatic rings. The van der Waals surface area contributed by atoms with Crippen molar-refractivity contribution >= 4 is 22.1 Å². The highest BCUT2D eigenvalue weighted by Gasteiger charge is 2.20. The summed E-state index contributed by atoms with van der Waals surface area (Å²) in [6, 6.07) is 12.0. The monoisotopic (exact) mass is 366 g/mol. The fourth-order valence-electron chi connectivity index (χ4n) is 3.34. The summed E-state index contributed by atoms with van der Waals surface area (Å²) >= 11 is 0. The summed E-state index contributed by atoms with van der Waals surface area (Å²) in [5, 5.41) is 22.4. The van der Waals surface area contributed by atoms with Gasteiger partial charge in [-0.3, -0.25) is 14.9 Å². The summed E-state index contributed by atoms with van der Waals surface area (Å²) in [5.74, 6) is 0. The summed E-state index contributed by atoms with van der Waals surface area (Å²) in [6.45, 7) is 1.26. The minimum Gasteiger partial charge on any atom is -0.377 e. The number of hydrogen-bond acceptors (Lipinski definition) is 6. The minimum absolute atomic E-state index is 0.0393. The van der Waals surface area contributed by atoms with Crippen molar-refractivity contribution in [1.82, 2.24) is 10.2 Å². The Morgan fingerprint density at radius 3 is 2.81 bits per heavy atom. The van der Waals surface area contributed by atoms with E-state index in [2.05, 4.69) is 15.5 Å². The molecule has 8 heteroatoms. The summed E-state index contributed by atoms with van der Waals surface area (Å²) in [5.41, 5.74) is 1.17. The van der Waals surface area contributed by atoms with Crippen molar-refractivity contribution in [2.45, 2.75) is 18.9 Å². The highest BCUT2D eigenvalue weighted by Crippen LogP contribution is 2.32.